The lowest BCUT2D eigenvalue weighted by Crippen LogP contribution is -2.58. The third kappa shape index (κ3) is 3.59. The number of aromatic nitrogens is 1. The minimum absolute atomic E-state index is 0.0553. The predicted molar refractivity (Wildman–Crippen MR) is 100 cm³/mol. The first-order valence-electron chi connectivity index (χ1n) is 9.60. The molecule has 146 valence electrons. The number of rotatable bonds is 3. The molecule has 0 bridgehead atoms. The molecule has 1 amide bonds. The summed E-state index contributed by atoms with van der Waals surface area (Å²) in [5.41, 5.74) is 1.01. The molecule has 0 unspecified atom stereocenters. The normalized spacial score (nSPS) is 27.0. The Morgan fingerprint density at radius 2 is 2.07 bits per heavy atom. The number of halogens is 1. The lowest BCUT2D eigenvalue weighted by molar-refractivity contribution is -0.0614. The molecule has 2 fully saturated rings. The number of amides is 1. The lowest BCUT2D eigenvalue weighted by atomic mass is 9.86. The Morgan fingerprint density at radius 1 is 1.30 bits per heavy atom. The molecule has 0 spiro atoms. The van der Waals surface area contributed by atoms with Crippen LogP contribution in [0.3, 0.4) is 0 Å². The maximum absolute atomic E-state index is 13.4. The Kier molecular flexibility index (Phi) is 5.16. The minimum atomic E-state index is -0.590. The molecule has 1 aromatic carbocycles. The number of nitrogens with zero attached hydrogens (tertiary/aromatic N) is 2. The van der Waals surface area contributed by atoms with E-state index in [0.29, 0.717) is 24.4 Å². The minimum Gasteiger partial charge on any atom is -0.389 e. The highest BCUT2D eigenvalue weighted by molar-refractivity contribution is 5.98. The predicted octanol–water partition coefficient (Wildman–Crippen LogP) is 1.99. The third-order valence-electron chi connectivity index (χ3n) is 5.94. The van der Waals surface area contributed by atoms with Gasteiger partial charge >= 0.3 is 0 Å². The van der Waals surface area contributed by atoms with Crippen molar-refractivity contribution < 1.29 is 19.0 Å². The molecule has 2 N–H and O–H groups in total. The van der Waals surface area contributed by atoms with E-state index in [1.54, 1.807) is 24.1 Å². The second-order valence-corrected chi connectivity index (χ2v) is 7.54. The highest BCUT2D eigenvalue weighted by Gasteiger charge is 2.39. The number of benzene rings is 1. The topological polar surface area (TPSA) is 68.8 Å². The summed E-state index contributed by atoms with van der Waals surface area (Å²) in [6, 6.07) is 5.98. The Morgan fingerprint density at radius 3 is 2.85 bits per heavy atom. The van der Waals surface area contributed by atoms with Gasteiger partial charge in [0.05, 0.1) is 25.4 Å². The second kappa shape index (κ2) is 7.58. The van der Waals surface area contributed by atoms with Gasteiger partial charge in [0, 0.05) is 37.1 Å². The number of ether oxygens (including phenoxy) is 1. The first-order chi connectivity index (χ1) is 13.0. The fraction of sp³-hybridized carbons (Fsp3) is 0.550. The van der Waals surface area contributed by atoms with Crippen LogP contribution in [0.25, 0.3) is 10.9 Å². The largest absolute Gasteiger partial charge is 0.389 e. The highest BCUT2D eigenvalue weighted by Crippen LogP contribution is 2.28. The van der Waals surface area contributed by atoms with Crippen molar-refractivity contribution in [1.29, 1.82) is 0 Å². The first-order valence-corrected chi connectivity index (χ1v) is 9.60. The number of carbonyl (C=O) groups excluding carboxylic acids is 1. The Bertz CT molecular complexity index is 818. The van der Waals surface area contributed by atoms with Crippen LogP contribution in [0.15, 0.2) is 24.3 Å². The number of carbonyl (C=O) groups is 1. The lowest BCUT2D eigenvalue weighted by Gasteiger charge is -2.45. The van der Waals surface area contributed by atoms with Gasteiger partial charge in [-0.3, -0.25) is 9.69 Å². The number of aliphatic hydroxyl groups is 1. The average molecular weight is 375 g/mol. The number of H-pyrrole nitrogens is 1. The standard InChI is InChI=1S/C20H26FN3O3/c1-23(20(26)16-11-13-5-6-14(21)12-15(13)22-16)17-3-2-4-18(19(17)25)24-7-9-27-10-8-24/h5-6,11-12,17-19,22,25H,2-4,7-10H2,1H3/t17-,18-,19-/m1/s1. The SMILES string of the molecule is CN(C(=O)c1cc2ccc(F)cc2[nH]1)[C@@H]1CCC[C@@H](N2CCOCC2)[C@@H]1O. The van der Waals surface area contributed by atoms with E-state index in [4.69, 9.17) is 4.74 Å². The summed E-state index contributed by atoms with van der Waals surface area (Å²) in [7, 11) is 1.74. The van der Waals surface area contributed by atoms with Crippen molar-refractivity contribution in [2.75, 3.05) is 33.4 Å². The molecule has 1 aliphatic carbocycles. The number of fused-ring (bicyclic) bond motifs is 1. The number of likely N-dealkylation sites (N-methyl/N-ethyl adjacent to an activating group) is 1. The van der Waals surface area contributed by atoms with Crippen LogP contribution < -0.4 is 0 Å². The van der Waals surface area contributed by atoms with E-state index in [-0.39, 0.29) is 23.8 Å². The van der Waals surface area contributed by atoms with E-state index in [9.17, 15) is 14.3 Å². The molecule has 0 radical (unpaired) electrons. The van der Waals surface area contributed by atoms with Gasteiger partial charge in [-0.1, -0.05) is 0 Å². The summed E-state index contributed by atoms with van der Waals surface area (Å²) < 4.78 is 18.8. The van der Waals surface area contributed by atoms with Gasteiger partial charge in [-0.15, -0.1) is 0 Å². The monoisotopic (exact) mass is 375 g/mol. The summed E-state index contributed by atoms with van der Waals surface area (Å²) in [5, 5.41) is 11.8. The van der Waals surface area contributed by atoms with Crippen LogP contribution in [0.4, 0.5) is 4.39 Å². The van der Waals surface area contributed by atoms with Crippen LogP contribution in [0.5, 0.6) is 0 Å². The summed E-state index contributed by atoms with van der Waals surface area (Å²) in [4.78, 5) is 19.9. The number of nitrogens with one attached hydrogen (secondary N) is 1. The Hall–Kier alpha value is -1.96. The van der Waals surface area contributed by atoms with Gasteiger partial charge in [0.15, 0.2) is 0 Å². The quantitative estimate of drug-likeness (QED) is 0.861. The summed E-state index contributed by atoms with van der Waals surface area (Å²) in [5.74, 6) is -0.522. The second-order valence-electron chi connectivity index (χ2n) is 7.54. The smallest absolute Gasteiger partial charge is 0.270 e. The van der Waals surface area contributed by atoms with Crippen LogP contribution in [0, 0.1) is 5.82 Å². The number of morpholine rings is 1. The van der Waals surface area contributed by atoms with Gasteiger partial charge in [0.2, 0.25) is 0 Å². The van der Waals surface area contributed by atoms with Crippen molar-refractivity contribution >= 4 is 16.8 Å². The molecule has 1 saturated carbocycles. The molecule has 27 heavy (non-hydrogen) atoms. The first kappa shape index (κ1) is 18.4. The van der Waals surface area contributed by atoms with Crippen LogP contribution >= 0.6 is 0 Å². The molecule has 1 aromatic heterocycles. The summed E-state index contributed by atoms with van der Waals surface area (Å²) in [6.07, 6.45) is 2.09. The van der Waals surface area contributed by atoms with Gasteiger partial charge in [-0.05, 0) is 43.5 Å². The molecule has 1 aliphatic heterocycles. The van der Waals surface area contributed by atoms with Crippen LogP contribution in [0.1, 0.15) is 29.8 Å². The molecule has 2 aliphatic rings. The zero-order valence-electron chi connectivity index (χ0n) is 15.5. The molecule has 4 rings (SSSR count). The van der Waals surface area contributed by atoms with Crippen LogP contribution in [0.2, 0.25) is 0 Å². The molecule has 6 nitrogen and oxygen atoms in total. The molecule has 7 heteroatoms. The van der Waals surface area contributed by atoms with Crippen molar-refractivity contribution in [3.05, 3.63) is 35.8 Å². The van der Waals surface area contributed by atoms with Gasteiger partial charge in [-0.2, -0.15) is 0 Å². The van der Waals surface area contributed by atoms with E-state index in [2.05, 4.69) is 9.88 Å². The average Bonchev–Trinajstić information content (AvgIpc) is 3.11. The summed E-state index contributed by atoms with van der Waals surface area (Å²) >= 11 is 0. The van der Waals surface area contributed by atoms with Crippen molar-refractivity contribution in [3.63, 3.8) is 0 Å². The highest BCUT2D eigenvalue weighted by atomic mass is 19.1. The maximum Gasteiger partial charge on any atom is 0.270 e. The van der Waals surface area contributed by atoms with E-state index in [1.807, 2.05) is 0 Å². The molecular weight excluding hydrogens is 349 g/mol. The van der Waals surface area contributed by atoms with E-state index in [0.717, 1.165) is 37.7 Å². The summed E-state index contributed by atoms with van der Waals surface area (Å²) in [6.45, 7) is 3.02. The van der Waals surface area contributed by atoms with Gasteiger partial charge in [-0.25, -0.2) is 4.39 Å². The molecule has 1 saturated heterocycles. The molecular formula is C20H26FN3O3. The molecule has 3 atom stereocenters. The van der Waals surface area contributed by atoms with E-state index < -0.39 is 6.10 Å². The van der Waals surface area contributed by atoms with Crippen molar-refractivity contribution in [1.82, 2.24) is 14.8 Å². The van der Waals surface area contributed by atoms with E-state index >= 15 is 0 Å². The van der Waals surface area contributed by atoms with E-state index in [1.165, 1.54) is 12.1 Å². The maximum atomic E-state index is 13.4. The zero-order chi connectivity index (χ0) is 19.0. The number of hydrogen-bond acceptors (Lipinski definition) is 4. The third-order valence-corrected chi connectivity index (χ3v) is 5.94. The van der Waals surface area contributed by atoms with Crippen LogP contribution in [-0.2, 0) is 4.74 Å². The number of aliphatic hydroxyl groups excluding tert-OH is 1. The van der Waals surface area contributed by atoms with Crippen molar-refractivity contribution in [3.8, 4) is 0 Å². The Balaban J connectivity index is 1.51. The molecule has 2 aromatic rings. The fourth-order valence-electron chi connectivity index (χ4n) is 4.42. The van der Waals surface area contributed by atoms with Crippen molar-refractivity contribution in [2.24, 2.45) is 0 Å². The number of aromatic amines is 1. The van der Waals surface area contributed by atoms with Gasteiger partial charge in [0.1, 0.15) is 11.5 Å². The fourth-order valence-corrected chi connectivity index (χ4v) is 4.42. The van der Waals surface area contributed by atoms with Crippen LogP contribution in [-0.4, -0.2) is 77.3 Å². The van der Waals surface area contributed by atoms with Gasteiger partial charge in [0.25, 0.3) is 5.91 Å². The number of hydrogen-bond donors (Lipinski definition) is 2. The molecule has 2 heterocycles. The van der Waals surface area contributed by atoms with Gasteiger partial charge < -0.3 is 19.7 Å². The Labute approximate surface area is 157 Å². The van der Waals surface area contributed by atoms with Crippen molar-refractivity contribution in [2.45, 2.75) is 37.5 Å². The zero-order valence-corrected chi connectivity index (χ0v) is 15.5.